The predicted molar refractivity (Wildman–Crippen MR) is 84.5 cm³/mol. The highest BCUT2D eigenvalue weighted by atomic mass is 16.5. The van der Waals surface area contributed by atoms with Crippen molar-refractivity contribution in [2.45, 2.75) is 39.7 Å². The van der Waals surface area contributed by atoms with Crippen LogP contribution in [0.25, 0.3) is 0 Å². The highest BCUT2D eigenvalue weighted by molar-refractivity contribution is 5.89. The Morgan fingerprint density at radius 3 is 2.73 bits per heavy atom. The van der Waals surface area contributed by atoms with Gasteiger partial charge in [0.05, 0.1) is 17.9 Å². The van der Waals surface area contributed by atoms with Crippen LogP contribution in [0.15, 0.2) is 36.5 Å². The lowest BCUT2D eigenvalue weighted by Gasteiger charge is -2.04. The van der Waals surface area contributed by atoms with E-state index < -0.39 is 0 Å². The third-order valence-corrected chi connectivity index (χ3v) is 3.23. The minimum absolute atomic E-state index is 0.263. The molecule has 1 aromatic carbocycles. The van der Waals surface area contributed by atoms with E-state index in [9.17, 15) is 4.79 Å². The van der Waals surface area contributed by atoms with Gasteiger partial charge < -0.3 is 4.74 Å². The zero-order valence-corrected chi connectivity index (χ0v) is 13.2. The fourth-order valence-corrected chi connectivity index (χ4v) is 2.16. The normalized spacial score (nSPS) is 10.9. The summed E-state index contributed by atoms with van der Waals surface area (Å²) in [6, 6.07) is 9.05. The van der Waals surface area contributed by atoms with Crippen LogP contribution in [0, 0.1) is 5.92 Å². The maximum Gasteiger partial charge on any atom is 0.338 e. The van der Waals surface area contributed by atoms with Crippen molar-refractivity contribution in [2.75, 3.05) is 6.61 Å². The number of carbonyl (C=O) groups excluding carboxylic acids is 1. The van der Waals surface area contributed by atoms with E-state index in [0.717, 1.165) is 31.5 Å². The zero-order chi connectivity index (χ0) is 15.8. The third-order valence-electron chi connectivity index (χ3n) is 3.23. The standard InChI is InChI=1S/C17H23N3O2/c1-14(2)12-16-13-20(19-18-16)10-6-7-11-22-17(21)15-8-4-3-5-9-15/h3-5,8-9,13-14H,6-7,10-12H2,1-2H3. The molecule has 0 bridgehead atoms. The molecule has 0 aliphatic carbocycles. The summed E-state index contributed by atoms with van der Waals surface area (Å²) in [6.45, 7) is 5.56. The Labute approximate surface area is 131 Å². The molecule has 5 nitrogen and oxygen atoms in total. The molecule has 0 fully saturated rings. The Balaban J connectivity index is 1.63. The molecule has 0 unspecified atom stereocenters. The Kier molecular flexibility index (Phi) is 6.13. The molecule has 2 rings (SSSR count). The summed E-state index contributed by atoms with van der Waals surface area (Å²) >= 11 is 0. The van der Waals surface area contributed by atoms with Gasteiger partial charge in [-0.15, -0.1) is 5.10 Å². The Morgan fingerprint density at radius 1 is 1.23 bits per heavy atom. The first kappa shape index (κ1) is 16.2. The van der Waals surface area contributed by atoms with Crippen LogP contribution >= 0.6 is 0 Å². The van der Waals surface area contributed by atoms with Crippen LogP contribution < -0.4 is 0 Å². The van der Waals surface area contributed by atoms with E-state index in [1.807, 2.05) is 29.1 Å². The van der Waals surface area contributed by atoms with Crippen molar-refractivity contribution in [3.8, 4) is 0 Å². The van der Waals surface area contributed by atoms with Crippen molar-refractivity contribution in [1.29, 1.82) is 0 Å². The van der Waals surface area contributed by atoms with E-state index in [1.54, 1.807) is 12.1 Å². The van der Waals surface area contributed by atoms with E-state index in [2.05, 4.69) is 24.2 Å². The topological polar surface area (TPSA) is 57.0 Å². The summed E-state index contributed by atoms with van der Waals surface area (Å²) < 4.78 is 7.10. The van der Waals surface area contributed by atoms with Gasteiger partial charge in [0.15, 0.2) is 0 Å². The van der Waals surface area contributed by atoms with Crippen molar-refractivity contribution >= 4 is 5.97 Å². The molecular formula is C17H23N3O2. The van der Waals surface area contributed by atoms with Gasteiger partial charge >= 0.3 is 5.97 Å². The minimum Gasteiger partial charge on any atom is -0.462 e. The summed E-state index contributed by atoms with van der Waals surface area (Å²) in [5.41, 5.74) is 1.63. The molecule has 0 amide bonds. The molecule has 0 aliphatic rings. The zero-order valence-electron chi connectivity index (χ0n) is 13.2. The lowest BCUT2D eigenvalue weighted by Crippen LogP contribution is -2.07. The van der Waals surface area contributed by atoms with Crippen molar-refractivity contribution in [1.82, 2.24) is 15.0 Å². The number of rotatable bonds is 8. The van der Waals surface area contributed by atoms with Gasteiger partial charge in [-0.1, -0.05) is 37.3 Å². The van der Waals surface area contributed by atoms with Crippen LogP contribution in [0.2, 0.25) is 0 Å². The molecule has 0 spiro atoms. The summed E-state index contributed by atoms with van der Waals surface area (Å²) in [6.07, 6.45) is 4.68. The fraction of sp³-hybridized carbons (Fsp3) is 0.471. The highest BCUT2D eigenvalue weighted by Crippen LogP contribution is 2.05. The molecule has 118 valence electrons. The monoisotopic (exact) mass is 301 g/mol. The van der Waals surface area contributed by atoms with Crippen LogP contribution in [0.5, 0.6) is 0 Å². The van der Waals surface area contributed by atoms with Crippen LogP contribution in [0.3, 0.4) is 0 Å². The van der Waals surface area contributed by atoms with Crippen LogP contribution in [-0.2, 0) is 17.7 Å². The van der Waals surface area contributed by atoms with Crippen molar-refractivity contribution in [3.63, 3.8) is 0 Å². The minimum atomic E-state index is -0.263. The molecule has 0 saturated carbocycles. The van der Waals surface area contributed by atoms with Crippen LogP contribution in [0.1, 0.15) is 42.7 Å². The quantitative estimate of drug-likeness (QED) is 0.555. The number of carbonyl (C=O) groups is 1. The van der Waals surface area contributed by atoms with Gasteiger partial charge in [-0.05, 0) is 37.3 Å². The van der Waals surface area contributed by atoms with Crippen LogP contribution in [0.4, 0.5) is 0 Å². The highest BCUT2D eigenvalue weighted by Gasteiger charge is 2.06. The predicted octanol–water partition coefficient (Wildman–Crippen LogP) is 3.11. The van der Waals surface area contributed by atoms with Gasteiger partial charge in [-0.25, -0.2) is 4.79 Å². The Bertz CT molecular complexity index is 579. The lowest BCUT2D eigenvalue weighted by atomic mass is 10.1. The largest absolute Gasteiger partial charge is 0.462 e. The Morgan fingerprint density at radius 2 is 2.00 bits per heavy atom. The molecule has 0 aliphatic heterocycles. The lowest BCUT2D eigenvalue weighted by molar-refractivity contribution is 0.0497. The first-order valence-electron chi connectivity index (χ1n) is 7.76. The first-order chi connectivity index (χ1) is 10.6. The molecule has 0 radical (unpaired) electrons. The molecule has 0 atom stereocenters. The van der Waals surface area contributed by atoms with E-state index in [0.29, 0.717) is 18.1 Å². The number of aromatic nitrogens is 3. The van der Waals surface area contributed by atoms with Gasteiger partial charge in [-0.3, -0.25) is 4.68 Å². The second kappa shape index (κ2) is 8.32. The molecular weight excluding hydrogens is 278 g/mol. The van der Waals surface area contributed by atoms with Crippen molar-refractivity contribution in [3.05, 3.63) is 47.8 Å². The maximum absolute atomic E-state index is 11.7. The maximum atomic E-state index is 11.7. The SMILES string of the molecule is CC(C)Cc1cn(CCCCOC(=O)c2ccccc2)nn1. The number of aryl methyl sites for hydroxylation is 1. The van der Waals surface area contributed by atoms with Gasteiger partial charge in [0.2, 0.25) is 0 Å². The fourth-order valence-electron chi connectivity index (χ4n) is 2.16. The van der Waals surface area contributed by atoms with Gasteiger partial charge in [0, 0.05) is 12.7 Å². The van der Waals surface area contributed by atoms with Gasteiger partial charge in [0.1, 0.15) is 0 Å². The summed E-state index contributed by atoms with van der Waals surface area (Å²) in [7, 11) is 0. The number of ether oxygens (including phenoxy) is 1. The molecule has 2 aromatic rings. The summed E-state index contributed by atoms with van der Waals surface area (Å²) in [5.74, 6) is 0.322. The first-order valence-corrected chi connectivity index (χ1v) is 7.76. The van der Waals surface area contributed by atoms with Crippen LogP contribution in [-0.4, -0.2) is 27.6 Å². The molecule has 0 saturated heterocycles. The molecule has 22 heavy (non-hydrogen) atoms. The number of hydrogen-bond acceptors (Lipinski definition) is 4. The second-order valence-corrected chi connectivity index (χ2v) is 5.78. The molecule has 1 heterocycles. The number of unbranched alkanes of at least 4 members (excludes halogenated alkanes) is 1. The van der Waals surface area contributed by atoms with Gasteiger partial charge in [0.25, 0.3) is 0 Å². The summed E-state index contributed by atoms with van der Waals surface area (Å²) in [4.78, 5) is 11.7. The smallest absolute Gasteiger partial charge is 0.338 e. The number of hydrogen-bond donors (Lipinski definition) is 0. The van der Waals surface area contributed by atoms with E-state index in [1.165, 1.54) is 0 Å². The molecule has 1 aromatic heterocycles. The van der Waals surface area contributed by atoms with E-state index in [-0.39, 0.29) is 5.97 Å². The van der Waals surface area contributed by atoms with E-state index in [4.69, 9.17) is 4.74 Å². The van der Waals surface area contributed by atoms with Gasteiger partial charge in [-0.2, -0.15) is 0 Å². The molecule has 0 N–H and O–H groups in total. The summed E-state index contributed by atoms with van der Waals surface area (Å²) in [5, 5.41) is 8.26. The third kappa shape index (κ3) is 5.31. The average Bonchev–Trinajstić information content (AvgIpc) is 2.94. The van der Waals surface area contributed by atoms with Crippen molar-refractivity contribution in [2.24, 2.45) is 5.92 Å². The number of benzene rings is 1. The Hall–Kier alpha value is -2.17. The molecule has 5 heteroatoms. The second-order valence-electron chi connectivity index (χ2n) is 5.78. The van der Waals surface area contributed by atoms with E-state index >= 15 is 0 Å². The average molecular weight is 301 g/mol. The number of nitrogens with zero attached hydrogens (tertiary/aromatic N) is 3. The number of esters is 1. The van der Waals surface area contributed by atoms with Crippen molar-refractivity contribution < 1.29 is 9.53 Å².